The fourth-order valence-electron chi connectivity index (χ4n) is 1.75. The molecule has 6 heteroatoms. The van der Waals surface area contributed by atoms with Crippen LogP contribution in [0.3, 0.4) is 0 Å². The minimum absolute atomic E-state index is 0.0870. The Morgan fingerprint density at radius 2 is 2.16 bits per heavy atom. The summed E-state index contributed by atoms with van der Waals surface area (Å²) < 4.78 is 0. The second-order valence-corrected chi connectivity index (χ2v) is 4.29. The first kappa shape index (κ1) is 13.2. The van der Waals surface area contributed by atoms with Gasteiger partial charge in [-0.05, 0) is 18.9 Å². The summed E-state index contributed by atoms with van der Waals surface area (Å²) >= 11 is 0. The highest BCUT2D eigenvalue weighted by Gasteiger charge is 2.16. The van der Waals surface area contributed by atoms with Gasteiger partial charge in [0, 0.05) is 0 Å². The summed E-state index contributed by atoms with van der Waals surface area (Å²) in [5.41, 5.74) is 1.05. The van der Waals surface area contributed by atoms with Crippen LogP contribution < -0.4 is 5.32 Å². The second kappa shape index (κ2) is 6.10. The molecular weight excluding hydrogens is 244 g/mol. The Labute approximate surface area is 110 Å². The molecule has 0 aliphatic rings. The predicted octanol–water partition coefficient (Wildman–Crippen LogP) is 0.447. The van der Waals surface area contributed by atoms with E-state index in [0.717, 1.165) is 5.56 Å². The van der Waals surface area contributed by atoms with Gasteiger partial charge >= 0.3 is 0 Å². The monoisotopic (exact) mass is 260 g/mol. The zero-order valence-corrected chi connectivity index (χ0v) is 10.6. The Hall–Kier alpha value is -2.21. The van der Waals surface area contributed by atoms with Gasteiger partial charge in [0.2, 0.25) is 5.82 Å². The normalized spacial score (nSPS) is 12.1. The van der Waals surface area contributed by atoms with Crippen LogP contribution in [0.4, 0.5) is 0 Å². The Morgan fingerprint density at radius 3 is 2.74 bits per heavy atom. The maximum Gasteiger partial charge on any atom is 0.291 e. The van der Waals surface area contributed by atoms with Crippen molar-refractivity contribution >= 4 is 5.91 Å². The van der Waals surface area contributed by atoms with E-state index in [-0.39, 0.29) is 24.4 Å². The van der Waals surface area contributed by atoms with Crippen molar-refractivity contribution in [1.82, 2.24) is 20.5 Å². The summed E-state index contributed by atoms with van der Waals surface area (Å²) in [4.78, 5) is 15.8. The van der Waals surface area contributed by atoms with Gasteiger partial charge in [-0.3, -0.25) is 9.89 Å². The minimum atomic E-state index is -0.390. The second-order valence-electron chi connectivity index (χ2n) is 4.29. The van der Waals surface area contributed by atoms with Crippen LogP contribution in [0.25, 0.3) is 0 Å². The van der Waals surface area contributed by atoms with Crippen molar-refractivity contribution in [2.45, 2.75) is 19.4 Å². The van der Waals surface area contributed by atoms with Crippen LogP contribution in [0.15, 0.2) is 30.3 Å². The van der Waals surface area contributed by atoms with Crippen LogP contribution in [-0.2, 0) is 6.42 Å². The van der Waals surface area contributed by atoms with E-state index in [1.807, 2.05) is 30.3 Å². The largest absolute Gasteiger partial charge is 0.394 e. The van der Waals surface area contributed by atoms with Crippen molar-refractivity contribution in [2.75, 3.05) is 6.61 Å². The lowest BCUT2D eigenvalue weighted by Gasteiger charge is -2.15. The highest BCUT2D eigenvalue weighted by molar-refractivity contribution is 5.90. The van der Waals surface area contributed by atoms with Crippen molar-refractivity contribution in [2.24, 2.45) is 0 Å². The quantitative estimate of drug-likeness (QED) is 0.727. The number of hydrogen-bond donors (Lipinski definition) is 3. The molecule has 2 rings (SSSR count). The van der Waals surface area contributed by atoms with Gasteiger partial charge in [0.05, 0.1) is 12.6 Å². The third-order valence-electron chi connectivity index (χ3n) is 2.68. The number of hydrogen-bond acceptors (Lipinski definition) is 4. The van der Waals surface area contributed by atoms with Crippen molar-refractivity contribution in [3.05, 3.63) is 47.5 Å². The van der Waals surface area contributed by atoms with Crippen molar-refractivity contribution in [1.29, 1.82) is 0 Å². The van der Waals surface area contributed by atoms with Gasteiger partial charge in [0.15, 0.2) is 0 Å². The Balaban J connectivity index is 1.97. The zero-order valence-electron chi connectivity index (χ0n) is 10.6. The van der Waals surface area contributed by atoms with Gasteiger partial charge < -0.3 is 10.4 Å². The number of aromatic nitrogens is 3. The number of aromatic amines is 1. The lowest BCUT2D eigenvalue weighted by Crippen LogP contribution is -2.39. The molecule has 0 fully saturated rings. The van der Waals surface area contributed by atoms with E-state index in [1.54, 1.807) is 6.92 Å². The Bertz CT molecular complexity index is 539. The number of amides is 1. The maximum atomic E-state index is 11.9. The molecule has 2 aromatic rings. The molecule has 0 bridgehead atoms. The molecule has 0 radical (unpaired) electrons. The number of aliphatic hydroxyl groups is 1. The highest BCUT2D eigenvalue weighted by atomic mass is 16.3. The molecular formula is C13H16N4O2. The zero-order chi connectivity index (χ0) is 13.7. The van der Waals surface area contributed by atoms with E-state index in [9.17, 15) is 9.90 Å². The minimum Gasteiger partial charge on any atom is -0.394 e. The number of benzene rings is 1. The van der Waals surface area contributed by atoms with Crippen molar-refractivity contribution < 1.29 is 9.90 Å². The molecule has 0 saturated heterocycles. The number of H-pyrrole nitrogens is 1. The number of nitrogens with one attached hydrogen (secondary N) is 2. The SMILES string of the molecule is Cc1nc(C(=O)N[C@@H](CO)Cc2ccccc2)n[nH]1. The molecule has 0 aliphatic carbocycles. The van der Waals surface area contributed by atoms with E-state index >= 15 is 0 Å². The molecule has 100 valence electrons. The topological polar surface area (TPSA) is 90.9 Å². The van der Waals surface area contributed by atoms with E-state index < -0.39 is 0 Å². The summed E-state index contributed by atoms with van der Waals surface area (Å²) in [6.45, 7) is 1.58. The molecule has 0 aliphatic heterocycles. The van der Waals surface area contributed by atoms with Crippen LogP contribution in [-0.4, -0.2) is 38.8 Å². The first-order valence-corrected chi connectivity index (χ1v) is 6.03. The molecule has 0 saturated carbocycles. The summed E-state index contributed by atoms with van der Waals surface area (Å²) in [5, 5.41) is 18.4. The van der Waals surface area contributed by atoms with Crippen LogP contribution in [0.1, 0.15) is 22.0 Å². The summed E-state index contributed by atoms with van der Waals surface area (Å²) in [6, 6.07) is 9.31. The fraction of sp³-hybridized carbons (Fsp3) is 0.308. The van der Waals surface area contributed by atoms with Crippen LogP contribution >= 0.6 is 0 Å². The number of aliphatic hydroxyl groups excluding tert-OH is 1. The molecule has 1 aromatic heterocycles. The predicted molar refractivity (Wildman–Crippen MR) is 69.6 cm³/mol. The lowest BCUT2D eigenvalue weighted by molar-refractivity contribution is 0.0906. The van der Waals surface area contributed by atoms with Gasteiger partial charge in [0.25, 0.3) is 5.91 Å². The van der Waals surface area contributed by atoms with E-state index in [4.69, 9.17) is 0 Å². The third-order valence-corrected chi connectivity index (χ3v) is 2.68. The molecule has 1 atom stereocenters. The van der Waals surface area contributed by atoms with Gasteiger partial charge in [-0.15, -0.1) is 5.10 Å². The van der Waals surface area contributed by atoms with Gasteiger partial charge in [-0.25, -0.2) is 4.98 Å². The van der Waals surface area contributed by atoms with Crippen LogP contribution in [0.2, 0.25) is 0 Å². The lowest BCUT2D eigenvalue weighted by atomic mass is 10.1. The van der Waals surface area contributed by atoms with Crippen molar-refractivity contribution in [3.63, 3.8) is 0 Å². The van der Waals surface area contributed by atoms with Crippen LogP contribution in [0, 0.1) is 6.92 Å². The van der Waals surface area contributed by atoms with Gasteiger partial charge in [0.1, 0.15) is 5.82 Å². The summed E-state index contributed by atoms with van der Waals surface area (Å²) in [5.74, 6) is 0.275. The first-order valence-electron chi connectivity index (χ1n) is 6.03. The standard InChI is InChI=1S/C13H16N4O2/c1-9-14-12(17-16-9)13(19)15-11(8-18)7-10-5-3-2-4-6-10/h2-6,11,18H,7-8H2,1H3,(H,15,19)(H,14,16,17)/t11-/m1/s1. The number of carbonyl (C=O) groups is 1. The Morgan fingerprint density at radius 1 is 1.42 bits per heavy atom. The molecule has 0 unspecified atom stereocenters. The molecule has 19 heavy (non-hydrogen) atoms. The number of rotatable bonds is 5. The molecule has 1 heterocycles. The number of nitrogens with zero attached hydrogens (tertiary/aromatic N) is 2. The number of aryl methyl sites for hydroxylation is 1. The maximum absolute atomic E-state index is 11.9. The Kier molecular flexibility index (Phi) is 4.25. The molecule has 1 aromatic carbocycles. The highest BCUT2D eigenvalue weighted by Crippen LogP contribution is 2.03. The molecule has 3 N–H and O–H groups in total. The fourth-order valence-corrected chi connectivity index (χ4v) is 1.75. The molecule has 1 amide bonds. The van der Waals surface area contributed by atoms with E-state index in [1.165, 1.54) is 0 Å². The number of carbonyl (C=O) groups excluding carboxylic acids is 1. The van der Waals surface area contributed by atoms with Gasteiger partial charge in [-0.2, -0.15) is 0 Å². The summed E-state index contributed by atoms with van der Waals surface area (Å²) in [7, 11) is 0. The van der Waals surface area contributed by atoms with Gasteiger partial charge in [-0.1, -0.05) is 30.3 Å². The van der Waals surface area contributed by atoms with E-state index in [2.05, 4.69) is 20.5 Å². The third kappa shape index (κ3) is 3.62. The molecule has 6 nitrogen and oxygen atoms in total. The first-order chi connectivity index (χ1) is 9.19. The average Bonchev–Trinajstić information content (AvgIpc) is 2.86. The summed E-state index contributed by atoms with van der Waals surface area (Å²) in [6.07, 6.45) is 0.562. The smallest absolute Gasteiger partial charge is 0.291 e. The van der Waals surface area contributed by atoms with Crippen LogP contribution in [0.5, 0.6) is 0 Å². The average molecular weight is 260 g/mol. The van der Waals surface area contributed by atoms with Crippen molar-refractivity contribution in [3.8, 4) is 0 Å². The van der Waals surface area contributed by atoms with E-state index in [0.29, 0.717) is 12.2 Å². The molecule has 0 spiro atoms.